The van der Waals surface area contributed by atoms with Crippen LogP contribution >= 0.6 is 22.9 Å². The molecule has 0 aliphatic carbocycles. The van der Waals surface area contributed by atoms with Gasteiger partial charge >= 0.3 is 0 Å². The van der Waals surface area contributed by atoms with Gasteiger partial charge in [0, 0.05) is 11.3 Å². The molecule has 0 spiro atoms. The second-order valence-corrected chi connectivity index (χ2v) is 8.74. The Kier molecular flexibility index (Phi) is 4.10. The van der Waals surface area contributed by atoms with Crippen molar-refractivity contribution in [1.82, 2.24) is 15.0 Å². The van der Waals surface area contributed by atoms with Gasteiger partial charge < -0.3 is 9.72 Å². The van der Waals surface area contributed by atoms with E-state index in [4.69, 9.17) is 16.3 Å². The van der Waals surface area contributed by atoms with Gasteiger partial charge in [0.1, 0.15) is 16.3 Å². The summed E-state index contributed by atoms with van der Waals surface area (Å²) in [6.07, 6.45) is 1.03. The highest BCUT2D eigenvalue weighted by atomic mass is 35.5. The van der Waals surface area contributed by atoms with Crippen LogP contribution in [0, 0.1) is 6.92 Å². The van der Waals surface area contributed by atoms with E-state index in [9.17, 15) is 13.2 Å². The highest BCUT2D eigenvalue weighted by Crippen LogP contribution is 2.34. The normalized spacial score (nSPS) is 11.8. The van der Waals surface area contributed by atoms with E-state index in [1.807, 2.05) is 0 Å². The van der Waals surface area contributed by atoms with Gasteiger partial charge in [0.25, 0.3) is 5.56 Å². The van der Waals surface area contributed by atoms with Crippen LogP contribution < -0.4 is 10.3 Å². The molecule has 2 aromatic heterocycles. The third kappa shape index (κ3) is 2.90. The van der Waals surface area contributed by atoms with Crippen molar-refractivity contribution < 1.29 is 13.2 Å². The number of ether oxygens (including phenoxy) is 1. The van der Waals surface area contributed by atoms with Crippen molar-refractivity contribution in [1.29, 1.82) is 0 Å². The largest absolute Gasteiger partial charge is 0.496 e. The van der Waals surface area contributed by atoms with Gasteiger partial charge in [-0.25, -0.2) is 18.4 Å². The number of aryl methyl sites for hydroxylation is 1. The molecule has 0 saturated heterocycles. The molecule has 1 aromatic carbocycles. The fourth-order valence-corrected chi connectivity index (χ4v) is 4.27. The standard InChI is InChI=1S/C14H12ClN3O4S2/c1-6-4-7(15)5-8(22-2)9(6)11-16-12-10(13(19)17-11)23-14(18-12)24(3,20)21/h4-5H,1-3H3,(H,16,17,19). The molecule has 0 unspecified atom stereocenters. The molecule has 0 amide bonds. The first-order chi connectivity index (χ1) is 11.2. The molecule has 24 heavy (non-hydrogen) atoms. The molecule has 1 N–H and O–H groups in total. The maximum atomic E-state index is 12.3. The zero-order valence-electron chi connectivity index (χ0n) is 12.9. The number of nitrogens with zero attached hydrogens (tertiary/aromatic N) is 2. The summed E-state index contributed by atoms with van der Waals surface area (Å²) < 4.78 is 28.6. The second-order valence-electron chi connectivity index (χ2n) is 5.12. The minimum absolute atomic E-state index is 0.0792. The molecule has 0 saturated carbocycles. The smallest absolute Gasteiger partial charge is 0.270 e. The summed E-state index contributed by atoms with van der Waals surface area (Å²) in [6.45, 7) is 1.80. The lowest BCUT2D eigenvalue weighted by atomic mass is 10.1. The van der Waals surface area contributed by atoms with Gasteiger partial charge in [0.05, 0.1) is 12.7 Å². The van der Waals surface area contributed by atoms with Gasteiger partial charge in [-0.1, -0.05) is 22.9 Å². The predicted octanol–water partition coefficient (Wildman–Crippen LogP) is 2.42. The van der Waals surface area contributed by atoms with Crippen molar-refractivity contribution in [2.45, 2.75) is 11.3 Å². The lowest BCUT2D eigenvalue weighted by Crippen LogP contribution is -2.09. The van der Waals surface area contributed by atoms with Crippen LogP contribution in [0.2, 0.25) is 5.02 Å². The number of H-pyrrole nitrogens is 1. The summed E-state index contributed by atoms with van der Waals surface area (Å²) in [6, 6.07) is 3.32. The van der Waals surface area contributed by atoms with Gasteiger partial charge in [-0.15, -0.1) is 0 Å². The van der Waals surface area contributed by atoms with E-state index in [0.29, 0.717) is 16.3 Å². The van der Waals surface area contributed by atoms with Crippen LogP contribution in [-0.4, -0.2) is 36.7 Å². The zero-order chi connectivity index (χ0) is 17.6. The predicted molar refractivity (Wildman–Crippen MR) is 92.9 cm³/mol. The number of nitrogens with one attached hydrogen (secondary N) is 1. The number of benzene rings is 1. The summed E-state index contributed by atoms with van der Waals surface area (Å²) >= 11 is 6.81. The van der Waals surface area contributed by atoms with E-state index in [1.54, 1.807) is 19.1 Å². The maximum Gasteiger partial charge on any atom is 0.270 e. The van der Waals surface area contributed by atoms with Crippen molar-refractivity contribution in [2.75, 3.05) is 13.4 Å². The van der Waals surface area contributed by atoms with Crippen LogP contribution in [0.3, 0.4) is 0 Å². The van der Waals surface area contributed by atoms with Gasteiger partial charge in [-0.05, 0) is 24.6 Å². The number of thiazole rings is 1. The third-order valence-electron chi connectivity index (χ3n) is 3.28. The molecule has 3 aromatic rings. The van der Waals surface area contributed by atoms with Crippen LogP contribution in [0.5, 0.6) is 5.75 Å². The zero-order valence-corrected chi connectivity index (χ0v) is 15.3. The Morgan fingerprint density at radius 2 is 2.00 bits per heavy atom. The number of aromatic amines is 1. The molecule has 0 atom stereocenters. The average Bonchev–Trinajstić information content (AvgIpc) is 2.91. The summed E-state index contributed by atoms with van der Waals surface area (Å²) in [4.78, 5) is 23.2. The average molecular weight is 386 g/mol. The van der Waals surface area contributed by atoms with Crippen LogP contribution in [0.1, 0.15) is 5.56 Å². The molecular formula is C14H12ClN3O4S2. The molecule has 0 bridgehead atoms. The van der Waals surface area contributed by atoms with Crippen molar-refractivity contribution in [3.8, 4) is 17.1 Å². The van der Waals surface area contributed by atoms with Crippen molar-refractivity contribution in [3.63, 3.8) is 0 Å². The topological polar surface area (TPSA) is 102 Å². The minimum Gasteiger partial charge on any atom is -0.496 e. The van der Waals surface area contributed by atoms with Gasteiger partial charge in [0.15, 0.2) is 5.65 Å². The first kappa shape index (κ1) is 16.9. The molecule has 10 heteroatoms. The van der Waals surface area contributed by atoms with E-state index >= 15 is 0 Å². The van der Waals surface area contributed by atoms with Crippen molar-refractivity contribution in [3.05, 3.63) is 33.1 Å². The number of aromatic nitrogens is 3. The molecule has 0 fully saturated rings. The Balaban J connectivity index is 2.31. The molecule has 0 aliphatic rings. The summed E-state index contributed by atoms with van der Waals surface area (Å²) in [5, 5.41) is 0.490. The fourth-order valence-electron chi connectivity index (χ4n) is 2.27. The summed E-state index contributed by atoms with van der Waals surface area (Å²) in [5.74, 6) is 0.685. The Labute approximate surface area is 146 Å². The Morgan fingerprint density at radius 1 is 1.29 bits per heavy atom. The lowest BCUT2D eigenvalue weighted by Gasteiger charge is -2.11. The third-order valence-corrected chi connectivity index (χ3v) is 6.22. The van der Waals surface area contributed by atoms with E-state index in [0.717, 1.165) is 23.2 Å². The van der Waals surface area contributed by atoms with E-state index in [1.165, 1.54) is 7.11 Å². The number of hydrogen-bond acceptors (Lipinski definition) is 7. The monoisotopic (exact) mass is 385 g/mol. The summed E-state index contributed by atoms with van der Waals surface area (Å²) in [7, 11) is -2.03. The number of fused-ring (bicyclic) bond motifs is 1. The van der Waals surface area contributed by atoms with E-state index in [-0.39, 0.29) is 20.5 Å². The van der Waals surface area contributed by atoms with Gasteiger partial charge in [-0.2, -0.15) is 0 Å². The van der Waals surface area contributed by atoms with Crippen LogP contribution in [0.25, 0.3) is 21.7 Å². The highest BCUT2D eigenvalue weighted by molar-refractivity contribution is 7.92. The van der Waals surface area contributed by atoms with E-state index in [2.05, 4.69) is 15.0 Å². The summed E-state index contributed by atoms with van der Waals surface area (Å²) in [5.41, 5.74) is 0.935. The molecule has 7 nitrogen and oxygen atoms in total. The quantitative estimate of drug-likeness (QED) is 0.742. The number of methoxy groups -OCH3 is 1. The van der Waals surface area contributed by atoms with Crippen LogP contribution in [-0.2, 0) is 9.84 Å². The fraction of sp³-hybridized carbons (Fsp3) is 0.214. The van der Waals surface area contributed by atoms with Crippen molar-refractivity contribution in [2.24, 2.45) is 0 Å². The van der Waals surface area contributed by atoms with Gasteiger partial charge in [0.2, 0.25) is 14.2 Å². The number of sulfone groups is 1. The number of rotatable bonds is 3. The molecule has 3 rings (SSSR count). The minimum atomic E-state index is -3.51. The molecule has 0 radical (unpaired) electrons. The molecule has 2 heterocycles. The maximum absolute atomic E-state index is 12.3. The second kappa shape index (κ2) is 5.83. The van der Waals surface area contributed by atoms with E-state index < -0.39 is 15.4 Å². The number of hydrogen-bond donors (Lipinski definition) is 1. The highest BCUT2D eigenvalue weighted by Gasteiger charge is 2.20. The molecule has 126 valence electrons. The Hall–Kier alpha value is -1.97. The van der Waals surface area contributed by atoms with Crippen molar-refractivity contribution >= 4 is 43.1 Å². The van der Waals surface area contributed by atoms with Crippen LogP contribution in [0.15, 0.2) is 21.3 Å². The van der Waals surface area contributed by atoms with Gasteiger partial charge in [-0.3, -0.25) is 4.79 Å². The molecular weight excluding hydrogens is 374 g/mol. The SMILES string of the molecule is COc1cc(Cl)cc(C)c1-c1nc2nc(S(C)(=O)=O)sc2c(=O)[nH]1. The van der Waals surface area contributed by atoms with Crippen LogP contribution in [0.4, 0.5) is 0 Å². The Morgan fingerprint density at radius 3 is 2.62 bits per heavy atom. The number of halogens is 1. The lowest BCUT2D eigenvalue weighted by molar-refractivity contribution is 0.416. The molecule has 0 aliphatic heterocycles. The first-order valence-corrected chi connectivity index (χ1v) is 9.74. The first-order valence-electron chi connectivity index (χ1n) is 6.66. The Bertz CT molecular complexity index is 1120.